The van der Waals surface area contributed by atoms with Crippen molar-refractivity contribution in [3.8, 4) is 0 Å². The summed E-state index contributed by atoms with van der Waals surface area (Å²) in [6, 6.07) is 0. The van der Waals surface area contributed by atoms with Crippen molar-refractivity contribution in [3.63, 3.8) is 0 Å². The summed E-state index contributed by atoms with van der Waals surface area (Å²) in [6.07, 6.45) is 0.120. The van der Waals surface area contributed by atoms with E-state index in [4.69, 9.17) is 4.74 Å². The molecule has 2 aliphatic heterocycles. The molecule has 0 aromatic rings. The molecular weight excluding hydrogens is 218 g/mol. The average Bonchev–Trinajstić information content (AvgIpc) is 2.23. The molecule has 2 fully saturated rings. The first kappa shape index (κ1) is 12.5. The lowest BCUT2D eigenvalue weighted by molar-refractivity contribution is -0.118. The number of nitrogens with one attached hydrogen (secondary N) is 2. The summed E-state index contributed by atoms with van der Waals surface area (Å²) < 4.78 is 5.59. The lowest BCUT2D eigenvalue weighted by Gasteiger charge is -2.30. The smallest absolute Gasteiger partial charge is 0.247 e. The minimum Gasteiger partial charge on any atom is -0.374 e. The van der Waals surface area contributed by atoms with E-state index in [2.05, 4.69) is 22.6 Å². The standard InChI is InChI=1S/C12H21N3O2/c1-9(10-5-13-6-10)12(16)14-7-11-8-15(2)3-4-17-11/h11,13H,3-8H2,1-2H3,(H,14,16). The maximum atomic E-state index is 11.8. The van der Waals surface area contributed by atoms with E-state index in [1.807, 2.05) is 6.92 Å². The number of nitrogens with zero attached hydrogens (tertiary/aromatic N) is 1. The summed E-state index contributed by atoms with van der Waals surface area (Å²) in [5, 5.41) is 6.08. The first-order valence-corrected chi connectivity index (χ1v) is 6.14. The van der Waals surface area contributed by atoms with Gasteiger partial charge in [-0.2, -0.15) is 0 Å². The molecule has 2 rings (SSSR count). The van der Waals surface area contributed by atoms with Gasteiger partial charge in [0.05, 0.1) is 12.7 Å². The Bertz CT molecular complexity index is 322. The van der Waals surface area contributed by atoms with Crippen molar-refractivity contribution >= 4 is 5.91 Å². The van der Waals surface area contributed by atoms with Crippen LogP contribution in [-0.4, -0.2) is 63.3 Å². The van der Waals surface area contributed by atoms with E-state index in [9.17, 15) is 4.79 Å². The van der Waals surface area contributed by atoms with Gasteiger partial charge < -0.3 is 20.3 Å². The van der Waals surface area contributed by atoms with Crippen LogP contribution in [0.4, 0.5) is 0 Å². The van der Waals surface area contributed by atoms with Gasteiger partial charge >= 0.3 is 0 Å². The lowest BCUT2D eigenvalue weighted by atomic mass is 10.0. The van der Waals surface area contributed by atoms with Crippen molar-refractivity contribution in [2.75, 3.05) is 46.4 Å². The van der Waals surface area contributed by atoms with Gasteiger partial charge in [-0.15, -0.1) is 0 Å². The fourth-order valence-electron chi connectivity index (χ4n) is 2.01. The van der Waals surface area contributed by atoms with Crippen LogP contribution in [-0.2, 0) is 9.53 Å². The highest BCUT2D eigenvalue weighted by Crippen LogP contribution is 2.09. The molecule has 2 aliphatic rings. The molecule has 96 valence electrons. The van der Waals surface area contributed by atoms with E-state index in [0.29, 0.717) is 6.54 Å². The predicted octanol–water partition coefficient (Wildman–Crippen LogP) is -0.647. The molecule has 0 aromatic heterocycles. The number of carbonyl (C=O) groups is 1. The molecule has 0 bridgehead atoms. The Hall–Kier alpha value is -0.910. The average molecular weight is 239 g/mol. The van der Waals surface area contributed by atoms with Gasteiger partial charge in [0.1, 0.15) is 0 Å². The van der Waals surface area contributed by atoms with Crippen molar-refractivity contribution < 1.29 is 9.53 Å². The number of rotatable bonds is 3. The fraction of sp³-hybridized carbons (Fsp3) is 0.750. The summed E-state index contributed by atoms with van der Waals surface area (Å²) in [5.74, 6) is 0.0401. The molecule has 2 saturated heterocycles. The number of ether oxygens (including phenoxy) is 1. The van der Waals surface area contributed by atoms with Gasteiger partial charge in [0.25, 0.3) is 0 Å². The van der Waals surface area contributed by atoms with Crippen molar-refractivity contribution in [2.24, 2.45) is 0 Å². The van der Waals surface area contributed by atoms with Crippen molar-refractivity contribution in [1.82, 2.24) is 15.5 Å². The summed E-state index contributed by atoms with van der Waals surface area (Å²) in [6.45, 7) is 6.79. The molecule has 0 spiro atoms. The van der Waals surface area contributed by atoms with Crippen LogP contribution in [0.2, 0.25) is 0 Å². The zero-order valence-corrected chi connectivity index (χ0v) is 10.6. The second-order valence-corrected chi connectivity index (χ2v) is 4.80. The van der Waals surface area contributed by atoms with Gasteiger partial charge in [0.2, 0.25) is 5.91 Å². The first-order chi connectivity index (χ1) is 8.16. The molecule has 2 heterocycles. The molecule has 0 radical (unpaired) electrons. The number of carbonyl (C=O) groups excluding carboxylic acids is 1. The molecule has 5 nitrogen and oxygen atoms in total. The van der Waals surface area contributed by atoms with Crippen LogP contribution in [0.3, 0.4) is 0 Å². The van der Waals surface area contributed by atoms with Crippen LogP contribution in [0.5, 0.6) is 0 Å². The molecule has 1 unspecified atom stereocenters. The molecule has 0 saturated carbocycles. The molecule has 2 N–H and O–H groups in total. The Labute approximate surface area is 102 Å². The van der Waals surface area contributed by atoms with Gasteiger partial charge in [-0.3, -0.25) is 4.79 Å². The molecule has 0 aromatic carbocycles. The SMILES string of the molecule is CC(C(=O)NCC1CN(C)CCO1)=C1CNC1. The molecule has 5 heteroatoms. The van der Waals surface area contributed by atoms with E-state index in [1.165, 1.54) is 5.57 Å². The van der Waals surface area contributed by atoms with E-state index in [-0.39, 0.29) is 12.0 Å². The Kier molecular flexibility index (Phi) is 4.15. The number of hydrogen-bond donors (Lipinski definition) is 2. The Morgan fingerprint density at radius 2 is 2.35 bits per heavy atom. The fourth-order valence-corrected chi connectivity index (χ4v) is 2.01. The number of morpholine rings is 1. The third-order valence-electron chi connectivity index (χ3n) is 3.38. The Morgan fingerprint density at radius 1 is 1.59 bits per heavy atom. The van der Waals surface area contributed by atoms with Gasteiger partial charge in [0.15, 0.2) is 0 Å². The summed E-state index contributed by atoms with van der Waals surface area (Å²) in [5.41, 5.74) is 2.07. The molecule has 0 aliphatic carbocycles. The molecule has 1 amide bonds. The zero-order chi connectivity index (χ0) is 12.3. The van der Waals surface area contributed by atoms with Crippen molar-refractivity contribution in [2.45, 2.75) is 13.0 Å². The first-order valence-electron chi connectivity index (χ1n) is 6.14. The van der Waals surface area contributed by atoms with E-state index < -0.39 is 0 Å². The van der Waals surface area contributed by atoms with Crippen LogP contribution in [0.1, 0.15) is 6.92 Å². The summed E-state index contributed by atoms with van der Waals surface area (Å²) >= 11 is 0. The van der Waals surface area contributed by atoms with Gasteiger partial charge in [-0.25, -0.2) is 0 Å². The minimum absolute atomic E-state index is 0.0401. The Morgan fingerprint density at radius 3 is 2.94 bits per heavy atom. The number of likely N-dealkylation sites (N-methyl/N-ethyl adjacent to an activating group) is 1. The highest BCUT2D eigenvalue weighted by atomic mass is 16.5. The second-order valence-electron chi connectivity index (χ2n) is 4.80. The van der Waals surface area contributed by atoms with Crippen molar-refractivity contribution in [1.29, 1.82) is 0 Å². The van der Waals surface area contributed by atoms with E-state index in [0.717, 1.165) is 38.4 Å². The highest BCUT2D eigenvalue weighted by molar-refractivity contribution is 5.93. The molecule has 1 atom stereocenters. The summed E-state index contributed by atoms with van der Waals surface area (Å²) in [4.78, 5) is 14.1. The number of hydrogen-bond acceptors (Lipinski definition) is 4. The highest BCUT2D eigenvalue weighted by Gasteiger charge is 2.20. The largest absolute Gasteiger partial charge is 0.374 e. The number of amides is 1. The van der Waals surface area contributed by atoms with Crippen LogP contribution in [0.15, 0.2) is 11.1 Å². The molecular formula is C12H21N3O2. The summed E-state index contributed by atoms with van der Waals surface area (Å²) in [7, 11) is 2.07. The van der Waals surface area contributed by atoms with Gasteiger partial charge in [0, 0.05) is 38.3 Å². The third-order valence-corrected chi connectivity index (χ3v) is 3.38. The quantitative estimate of drug-likeness (QED) is 0.643. The molecule has 17 heavy (non-hydrogen) atoms. The predicted molar refractivity (Wildman–Crippen MR) is 65.8 cm³/mol. The van der Waals surface area contributed by atoms with Gasteiger partial charge in [-0.05, 0) is 19.5 Å². The van der Waals surface area contributed by atoms with Crippen LogP contribution < -0.4 is 10.6 Å². The Balaban J connectivity index is 1.76. The minimum atomic E-state index is 0.0401. The van der Waals surface area contributed by atoms with E-state index >= 15 is 0 Å². The maximum absolute atomic E-state index is 11.8. The second kappa shape index (κ2) is 5.62. The third kappa shape index (κ3) is 3.28. The lowest BCUT2D eigenvalue weighted by Crippen LogP contribution is -2.46. The maximum Gasteiger partial charge on any atom is 0.247 e. The normalized spacial score (nSPS) is 25.3. The van der Waals surface area contributed by atoms with Crippen molar-refractivity contribution in [3.05, 3.63) is 11.1 Å². The van der Waals surface area contributed by atoms with Crippen LogP contribution >= 0.6 is 0 Å². The van der Waals surface area contributed by atoms with Gasteiger partial charge in [-0.1, -0.05) is 0 Å². The van der Waals surface area contributed by atoms with E-state index in [1.54, 1.807) is 0 Å². The van der Waals surface area contributed by atoms with Crippen LogP contribution in [0, 0.1) is 0 Å². The monoisotopic (exact) mass is 239 g/mol. The topological polar surface area (TPSA) is 53.6 Å². The zero-order valence-electron chi connectivity index (χ0n) is 10.6. The van der Waals surface area contributed by atoms with Crippen LogP contribution in [0.25, 0.3) is 0 Å².